The zero-order valence-corrected chi connectivity index (χ0v) is 27.5. The Morgan fingerprint density at radius 2 is 1.58 bits per heavy atom. The summed E-state index contributed by atoms with van der Waals surface area (Å²) in [6.45, 7) is 24.9. The number of hydrogen-bond donors (Lipinski definition) is 0. The van der Waals surface area contributed by atoms with Crippen LogP contribution in [0.3, 0.4) is 0 Å². The van der Waals surface area contributed by atoms with Crippen molar-refractivity contribution in [2.24, 2.45) is 5.41 Å². The molecule has 0 atom stereocenters. The molecule has 1 fully saturated rings. The molecule has 1 aliphatic rings. The normalized spacial score (nSPS) is 16.4. The molecule has 0 spiro atoms. The van der Waals surface area contributed by atoms with Crippen molar-refractivity contribution in [2.45, 2.75) is 99.1 Å². The van der Waals surface area contributed by atoms with E-state index in [-0.39, 0.29) is 22.7 Å². The second-order valence-electron chi connectivity index (χ2n) is 12.0. The number of halogens is 2. The molecule has 0 unspecified atom stereocenters. The van der Waals surface area contributed by atoms with Crippen molar-refractivity contribution in [3.63, 3.8) is 0 Å². The van der Waals surface area contributed by atoms with Crippen molar-refractivity contribution in [3.05, 3.63) is 69.7 Å². The second kappa shape index (κ2) is 13.2. The maximum atomic E-state index is 10.7. The van der Waals surface area contributed by atoms with E-state index in [1.807, 2.05) is 13.8 Å². The minimum absolute atomic E-state index is 0.00360. The van der Waals surface area contributed by atoms with Crippen molar-refractivity contribution in [1.29, 1.82) is 0 Å². The Kier molecular flexibility index (Phi) is 11.4. The van der Waals surface area contributed by atoms with Gasteiger partial charge in [0.2, 0.25) is 0 Å². The number of hydrogen-bond acceptors (Lipinski definition) is 4. The van der Waals surface area contributed by atoms with Gasteiger partial charge in [-0.05, 0) is 36.8 Å². The average molecular weight is 652 g/mol. The number of benzene rings is 2. The molecule has 3 rings (SSSR count). The van der Waals surface area contributed by atoms with Crippen LogP contribution in [-0.4, -0.2) is 21.2 Å². The van der Waals surface area contributed by atoms with Gasteiger partial charge < -0.3 is 4.90 Å². The molecule has 0 N–H and O–H groups in total. The van der Waals surface area contributed by atoms with Gasteiger partial charge in [-0.15, -0.1) is 5.41 Å². The van der Waals surface area contributed by atoms with Gasteiger partial charge in [0.15, 0.2) is 0 Å². The average Bonchev–Trinajstić information content (AvgIpc) is 3.00. The van der Waals surface area contributed by atoms with E-state index in [1.54, 1.807) is 10.7 Å². The first-order valence-corrected chi connectivity index (χ1v) is 18.5. The number of rotatable bonds is 7. The van der Waals surface area contributed by atoms with Crippen LogP contribution in [0, 0.1) is 22.1 Å². The van der Waals surface area contributed by atoms with Gasteiger partial charge in [0, 0.05) is 11.2 Å². The smallest absolute Gasteiger partial charge is 0.0145 e. The molecule has 214 valence electrons. The standard InChI is InChI=1S/C20H32N.C10H11NO3.2ClH.Ru/c1-14(2)16-10-9-11-17(15(3)4)18(16)21-13-19(5,6)12-20(21,7)8;1-7(2)14-10-5-4-9(11(12)13)6-8(10)3;;;/h9-11,13-15H,12H2,1-8H3;3-7H,1-2H3;2*1H;/q-1;;;;+2/p-2. The summed E-state index contributed by atoms with van der Waals surface area (Å²) in [7, 11) is 11.6. The Morgan fingerprint density at radius 3 is 1.97 bits per heavy atom. The summed E-state index contributed by atoms with van der Waals surface area (Å²) in [5, 5.41) is 10.7. The minimum atomic E-state index is -2.05. The molecule has 0 bridgehead atoms. The first-order chi connectivity index (χ1) is 17.4. The summed E-state index contributed by atoms with van der Waals surface area (Å²) in [6, 6.07) is 11.2. The quantitative estimate of drug-likeness (QED) is 0.130. The van der Waals surface area contributed by atoms with E-state index in [2.05, 4.69) is 85.0 Å². The molecular weight excluding hydrogens is 608 g/mol. The van der Waals surface area contributed by atoms with E-state index >= 15 is 0 Å². The Morgan fingerprint density at radius 1 is 1.03 bits per heavy atom. The molecule has 0 aromatic heterocycles. The summed E-state index contributed by atoms with van der Waals surface area (Å²) >= 11 is -2.05. The first kappa shape index (κ1) is 32.7. The van der Waals surface area contributed by atoms with E-state index in [9.17, 15) is 10.1 Å². The predicted octanol–water partition coefficient (Wildman–Crippen LogP) is 9.57. The molecule has 2 aromatic rings. The number of nitro benzene ring substituents is 1. The predicted molar refractivity (Wildman–Crippen MR) is 160 cm³/mol. The van der Waals surface area contributed by atoms with Gasteiger partial charge in [-0.1, -0.05) is 66.2 Å². The topological polar surface area (TPSA) is 55.6 Å². The molecule has 0 aliphatic carbocycles. The van der Waals surface area contributed by atoms with E-state index in [4.69, 9.17) is 24.1 Å². The number of nitro groups is 1. The van der Waals surface area contributed by atoms with Crippen molar-refractivity contribution < 1.29 is 23.2 Å². The molecule has 1 aliphatic heterocycles. The molecule has 2 aromatic carbocycles. The van der Waals surface area contributed by atoms with E-state index in [1.165, 1.54) is 35.4 Å². The second-order valence-corrected chi connectivity index (χ2v) is 17.7. The van der Waals surface area contributed by atoms with Crippen LogP contribution in [0.2, 0.25) is 0 Å². The van der Waals surface area contributed by atoms with Gasteiger partial charge in [0.05, 0.1) is 0 Å². The van der Waals surface area contributed by atoms with Crippen LogP contribution in [0.15, 0.2) is 36.4 Å². The Balaban J connectivity index is 0.000000273. The summed E-state index contributed by atoms with van der Waals surface area (Å²) < 4.78 is 7.17. The van der Waals surface area contributed by atoms with Crippen LogP contribution in [-0.2, 0) is 13.5 Å². The van der Waals surface area contributed by atoms with Crippen molar-refractivity contribution >= 4 is 35.4 Å². The summed E-state index contributed by atoms with van der Waals surface area (Å²) in [4.78, 5) is 12.8. The van der Waals surface area contributed by atoms with E-state index < -0.39 is 18.4 Å². The van der Waals surface area contributed by atoms with Gasteiger partial charge in [0.25, 0.3) is 0 Å². The molecule has 1 heterocycles. The summed E-state index contributed by atoms with van der Waals surface area (Å²) in [5.41, 5.74) is 5.43. The minimum Gasteiger partial charge on any atom is -0.517 e. The van der Waals surface area contributed by atoms with Crippen LogP contribution >= 0.6 is 19.4 Å². The fraction of sp³-hybridized carbons (Fsp3) is 0.533. The van der Waals surface area contributed by atoms with E-state index in [0.29, 0.717) is 23.1 Å². The Hall–Kier alpha value is -1.49. The zero-order chi connectivity index (χ0) is 29.0. The van der Waals surface area contributed by atoms with Crippen molar-refractivity contribution in [2.75, 3.05) is 4.90 Å². The molecule has 0 radical (unpaired) electrons. The molecule has 0 amide bonds. The van der Waals surface area contributed by atoms with Gasteiger partial charge >= 0.3 is 112 Å². The third kappa shape index (κ3) is 8.76. The Labute approximate surface area is 242 Å². The fourth-order valence-electron chi connectivity index (χ4n) is 5.10. The van der Waals surface area contributed by atoms with Gasteiger partial charge in [-0.25, -0.2) is 6.54 Å². The van der Waals surface area contributed by atoms with Crippen molar-refractivity contribution in [3.8, 4) is 5.75 Å². The van der Waals surface area contributed by atoms with Crippen LogP contribution in [0.25, 0.3) is 0 Å². The molecule has 8 heteroatoms. The number of ether oxygens (including phenoxy) is 1. The van der Waals surface area contributed by atoms with Gasteiger partial charge in [0.1, 0.15) is 0 Å². The number of non-ortho nitro benzene ring substituents is 1. The molecule has 1 saturated heterocycles. The maximum absolute atomic E-state index is 10.7. The van der Waals surface area contributed by atoms with Crippen LogP contribution in [0.4, 0.5) is 11.4 Å². The zero-order valence-electron chi connectivity index (χ0n) is 24.3. The molecular formula is C30H43Cl2N2O3Ru-. The molecule has 5 nitrogen and oxygen atoms in total. The van der Waals surface area contributed by atoms with Crippen LogP contribution < -0.4 is 9.64 Å². The first-order valence-electron chi connectivity index (χ1n) is 13.0. The summed E-state index contributed by atoms with van der Waals surface area (Å²) in [6.07, 6.45) is 1.18. The third-order valence-corrected chi connectivity index (χ3v) is 8.19. The van der Waals surface area contributed by atoms with Crippen molar-refractivity contribution in [1.82, 2.24) is 0 Å². The third-order valence-electron chi connectivity index (χ3n) is 6.36. The van der Waals surface area contributed by atoms with Crippen LogP contribution in [0.5, 0.6) is 5.75 Å². The van der Waals surface area contributed by atoms with Gasteiger partial charge in [-0.2, -0.15) is 0 Å². The SMILES string of the molecule is CC(C)Oc1ccc([N+](=O)[O-])cc1[CH]=[Ru]([Cl])[Cl].CC(C)c1cccc(C(C)C)c1N1[CH-]C(C)(C)CC1(C)C. The fourth-order valence-corrected chi connectivity index (χ4v) is 6.88. The molecule has 38 heavy (non-hydrogen) atoms. The summed E-state index contributed by atoms with van der Waals surface area (Å²) in [5.74, 6) is 1.66. The van der Waals surface area contributed by atoms with Gasteiger partial charge in [-0.3, -0.25) is 0 Å². The Bertz CT molecular complexity index is 1130. The number of nitrogens with zero attached hydrogens (tertiary/aromatic N) is 2. The maximum Gasteiger partial charge on any atom is 0.0145 e. The molecule has 0 saturated carbocycles. The largest absolute Gasteiger partial charge is 0.517 e. The number of para-hydroxylation sites is 1. The monoisotopic (exact) mass is 651 g/mol. The van der Waals surface area contributed by atoms with Crippen LogP contribution in [0.1, 0.15) is 104 Å². The number of anilines is 1. The van der Waals surface area contributed by atoms with E-state index in [0.717, 1.165) is 0 Å².